The third-order valence-corrected chi connectivity index (χ3v) is 2.80. The number of anilines is 1. The highest BCUT2D eigenvalue weighted by atomic mass is 32.1. The third kappa shape index (κ3) is 1.99. The molecule has 0 amide bonds. The summed E-state index contributed by atoms with van der Waals surface area (Å²) in [4.78, 5) is 0. The maximum atomic E-state index is 5.28. The molecular weight excluding hydrogens is 170 g/mol. The molecule has 0 bridgehead atoms. The summed E-state index contributed by atoms with van der Waals surface area (Å²) in [6.45, 7) is 1.81. The van der Waals surface area contributed by atoms with Gasteiger partial charge in [0.25, 0.3) is 0 Å². The first-order valence-corrected chi connectivity index (χ1v) is 5.26. The Balaban J connectivity index is 1.86. The number of hydrogen-bond acceptors (Lipinski definition) is 3. The lowest BCUT2D eigenvalue weighted by Crippen LogP contribution is -2.27. The summed E-state index contributed by atoms with van der Waals surface area (Å²) in [5.41, 5.74) is 1.26. The Kier molecular flexibility index (Phi) is 2.64. The molecule has 0 unspecified atom stereocenters. The van der Waals surface area contributed by atoms with Crippen LogP contribution in [0.3, 0.4) is 0 Å². The van der Waals surface area contributed by atoms with Gasteiger partial charge >= 0.3 is 0 Å². The second-order valence-corrected chi connectivity index (χ2v) is 3.82. The SMILES string of the molecule is c1cc(NC2CCOCC2)cs1. The van der Waals surface area contributed by atoms with Gasteiger partial charge in [0.2, 0.25) is 0 Å². The van der Waals surface area contributed by atoms with Crippen LogP contribution in [0.15, 0.2) is 16.8 Å². The summed E-state index contributed by atoms with van der Waals surface area (Å²) in [7, 11) is 0. The number of thiophene rings is 1. The smallest absolute Gasteiger partial charge is 0.0485 e. The second kappa shape index (κ2) is 3.92. The van der Waals surface area contributed by atoms with Crippen molar-refractivity contribution in [3.8, 4) is 0 Å². The zero-order valence-corrected chi connectivity index (χ0v) is 7.77. The highest BCUT2D eigenvalue weighted by Gasteiger charge is 2.12. The molecule has 1 aromatic heterocycles. The Hall–Kier alpha value is -0.540. The van der Waals surface area contributed by atoms with Gasteiger partial charge in [0, 0.05) is 30.3 Å². The van der Waals surface area contributed by atoms with Crippen LogP contribution in [0.25, 0.3) is 0 Å². The minimum Gasteiger partial charge on any atom is -0.381 e. The fourth-order valence-corrected chi connectivity index (χ4v) is 2.02. The van der Waals surface area contributed by atoms with Crippen LogP contribution in [0.5, 0.6) is 0 Å². The third-order valence-electron chi connectivity index (χ3n) is 2.11. The van der Waals surface area contributed by atoms with Crippen LogP contribution in [0, 0.1) is 0 Å². The maximum absolute atomic E-state index is 5.28. The molecule has 1 aliphatic rings. The molecule has 2 nitrogen and oxygen atoms in total. The minimum atomic E-state index is 0.619. The first kappa shape index (κ1) is 8.08. The Morgan fingerprint density at radius 3 is 2.92 bits per heavy atom. The summed E-state index contributed by atoms with van der Waals surface area (Å²) in [5, 5.41) is 7.74. The molecule has 0 spiro atoms. The lowest BCUT2D eigenvalue weighted by molar-refractivity contribution is 0.0904. The second-order valence-electron chi connectivity index (χ2n) is 3.04. The molecule has 66 valence electrons. The predicted octanol–water partition coefficient (Wildman–Crippen LogP) is 2.34. The van der Waals surface area contributed by atoms with Crippen molar-refractivity contribution in [2.45, 2.75) is 18.9 Å². The highest BCUT2D eigenvalue weighted by Crippen LogP contribution is 2.17. The van der Waals surface area contributed by atoms with E-state index in [4.69, 9.17) is 4.74 Å². The molecular formula is C9H13NOS. The van der Waals surface area contributed by atoms with Gasteiger partial charge in [-0.3, -0.25) is 0 Å². The van der Waals surface area contributed by atoms with Crippen molar-refractivity contribution in [3.05, 3.63) is 16.8 Å². The lowest BCUT2D eigenvalue weighted by atomic mass is 10.1. The number of ether oxygens (including phenoxy) is 1. The van der Waals surface area contributed by atoms with Crippen molar-refractivity contribution in [1.82, 2.24) is 0 Å². The molecule has 3 heteroatoms. The van der Waals surface area contributed by atoms with E-state index in [1.807, 2.05) is 0 Å². The van der Waals surface area contributed by atoms with Crippen LogP contribution in [0.4, 0.5) is 5.69 Å². The van der Waals surface area contributed by atoms with Crippen molar-refractivity contribution in [2.24, 2.45) is 0 Å². The van der Waals surface area contributed by atoms with Crippen molar-refractivity contribution in [3.63, 3.8) is 0 Å². The van der Waals surface area contributed by atoms with Gasteiger partial charge in [-0.2, -0.15) is 11.3 Å². The van der Waals surface area contributed by atoms with E-state index in [0.29, 0.717) is 6.04 Å². The summed E-state index contributed by atoms with van der Waals surface area (Å²) >= 11 is 1.73. The number of rotatable bonds is 2. The van der Waals surface area contributed by atoms with E-state index in [-0.39, 0.29) is 0 Å². The summed E-state index contributed by atoms with van der Waals surface area (Å²) in [5.74, 6) is 0. The van der Waals surface area contributed by atoms with E-state index >= 15 is 0 Å². The predicted molar refractivity (Wildman–Crippen MR) is 51.8 cm³/mol. The Labute approximate surface area is 76.6 Å². The van der Waals surface area contributed by atoms with Crippen molar-refractivity contribution in [1.29, 1.82) is 0 Å². The molecule has 1 aliphatic heterocycles. The van der Waals surface area contributed by atoms with Crippen LogP contribution in [-0.2, 0) is 4.74 Å². The van der Waals surface area contributed by atoms with Crippen molar-refractivity contribution < 1.29 is 4.74 Å². The lowest BCUT2D eigenvalue weighted by Gasteiger charge is -2.23. The molecule has 1 N–H and O–H groups in total. The molecule has 2 heterocycles. The van der Waals surface area contributed by atoms with Crippen LogP contribution in [0.2, 0.25) is 0 Å². The number of nitrogens with one attached hydrogen (secondary N) is 1. The fourth-order valence-electron chi connectivity index (χ4n) is 1.42. The van der Waals surface area contributed by atoms with Gasteiger partial charge in [0.15, 0.2) is 0 Å². The van der Waals surface area contributed by atoms with Crippen LogP contribution < -0.4 is 5.32 Å². The molecule has 12 heavy (non-hydrogen) atoms. The summed E-state index contributed by atoms with van der Waals surface area (Å²) in [6, 6.07) is 2.74. The maximum Gasteiger partial charge on any atom is 0.0485 e. The van der Waals surface area contributed by atoms with Gasteiger partial charge in [-0.05, 0) is 24.3 Å². The van der Waals surface area contributed by atoms with Gasteiger partial charge in [0.05, 0.1) is 0 Å². The average molecular weight is 183 g/mol. The van der Waals surface area contributed by atoms with Gasteiger partial charge in [-0.15, -0.1) is 0 Å². The molecule has 1 fully saturated rings. The van der Waals surface area contributed by atoms with Gasteiger partial charge in [-0.25, -0.2) is 0 Å². The monoisotopic (exact) mass is 183 g/mol. The van der Waals surface area contributed by atoms with E-state index in [9.17, 15) is 0 Å². The Bertz CT molecular complexity index is 216. The normalized spacial score (nSPS) is 19.3. The van der Waals surface area contributed by atoms with E-state index in [0.717, 1.165) is 26.1 Å². The zero-order valence-electron chi connectivity index (χ0n) is 6.95. The molecule has 0 saturated carbocycles. The summed E-state index contributed by atoms with van der Waals surface area (Å²) < 4.78 is 5.28. The van der Waals surface area contributed by atoms with E-state index in [2.05, 4.69) is 22.1 Å². The largest absolute Gasteiger partial charge is 0.381 e. The first-order chi connectivity index (χ1) is 5.95. The van der Waals surface area contributed by atoms with Gasteiger partial charge in [-0.1, -0.05) is 0 Å². The highest BCUT2D eigenvalue weighted by molar-refractivity contribution is 7.08. The van der Waals surface area contributed by atoms with Crippen LogP contribution in [-0.4, -0.2) is 19.3 Å². The molecule has 1 aromatic rings. The quantitative estimate of drug-likeness (QED) is 0.760. The molecule has 1 saturated heterocycles. The molecule has 0 radical (unpaired) electrons. The van der Waals surface area contributed by atoms with Crippen LogP contribution in [0.1, 0.15) is 12.8 Å². The average Bonchev–Trinajstić information content (AvgIpc) is 2.59. The van der Waals surface area contributed by atoms with Crippen molar-refractivity contribution in [2.75, 3.05) is 18.5 Å². The topological polar surface area (TPSA) is 21.3 Å². The van der Waals surface area contributed by atoms with E-state index < -0.39 is 0 Å². The molecule has 2 rings (SSSR count). The van der Waals surface area contributed by atoms with Crippen LogP contribution >= 0.6 is 11.3 Å². The Morgan fingerprint density at radius 1 is 1.42 bits per heavy atom. The van der Waals surface area contributed by atoms with E-state index in [1.165, 1.54) is 5.69 Å². The molecule has 0 aliphatic carbocycles. The standard InChI is InChI=1S/C9H13NOS/c1-4-11-5-2-8(1)10-9-3-6-12-7-9/h3,6-8,10H,1-2,4-5H2. The number of hydrogen-bond donors (Lipinski definition) is 1. The zero-order chi connectivity index (χ0) is 8.23. The molecule has 0 atom stereocenters. The van der Waals surface area contributed by atoms with Gasteiger partial charge < -0.3 is 10.1 Å². The Morgan fingerprint density at radius 2 is 2.25 bits per heavy atom. The van der Waals surface area contributed by atoms with E-state index in [1.54, 1.807) is 11.3 Å². The fraction of sp³-hybridized carbons (Fsp3) is 0.556. The minimum absolute atomic E-state index is 0.619. The first-order valence-electron chi connectivity index (χ1n) is 4.31. The van der Waals surface area contributed by atoms with Gasteiger partial charge in [0.1, 0.15) is 0 Å². The molecule has 0 aromatic carbocycles. The van der Waals surface area contributed by atoms with Crippen molar-refractivity contribution >= 4 is 17.0 Å². The summed E-state index contributed by atoms with van der Waals surface area (Å²) in [6.07, 6.45) is 2.27.